The van der Waals surface area contributed by atoms with Gasteiger partial charge in [-0.05, 0) is 48.6 Å². The van der Waals surface area contributed by atoms with Gasteiger partial charge < -0.3 is 14.5 Å². The second-order valence-electron chi connectivity index (χ2n) is 10.3. The van der Waals surface area contributed by atoms with Crippen molar-refractivity contribution in [2.24, 2.45) is 0 Å². The minimum Gasteiger partial charge on any atom is -0.379 e. The van der Waals surface area contributed by atoms with Crippen LogP contribution < -0.4 is 4.90 Å². The molecule has 2 aliphatic rings. The Hall–Kier alpha value is -1.26. The Morgan fingerprint density at radius 1 is 1.17 bits per heavy atom. The average Bonchev–Trinajstić information content (AvgIpc) is 2.56. The molecular formula is C25H33Cl2N2O+. The number of quaternary nitrogens is 1. The summed E-state index contributed by atoms with van der Waals surface area (Å²) in [5.74, 6) is 0.971. The van der Waals surface area contributed by atoms with Crippen LogP contribution in [0.3, 0.4) is 0 Å². The Labute approximate surface area is 190 Å². The summed E-state index contributed by atoms with van der Waals surface area (Å²) in [5.41, 5.74) is 6.13. The molecule has 2 saturated heterocycles. The molecule has 0 radical (unpaired) electrons. The second-order valence-corrected chi connectivity index (χ2v) is 11.1. The summed E-state index contributed by atoms with van der Waals surface area (Å²) in [6.07, 6.45) is 0. The zero-order chi connectivity index (χ0) is 21.8. The van der Waals surface area contributed by atoms with E-state index >= 15 is 0 Å². The zero-order valence-corrected chi connectivity index (χ0v) is 20.2. The highest BCUT2D eigenvalue weighted by Crippen LogP contribution is 2.41. The number of hydrogen-bond acceptors (Lipinski definition) is 2. The minimum atomic E-state index is -0.518. The molecule has 0 spiro atoms. The molecule has 0 atom stereocenters. The number of benzene rings is 2. The predicted octanol–water partition coefficient (Wildman–Crippen LogP) is 5.74. The van der Waals surface area contributed by atoms with Crippen molar-refractivity contribution in [1.82, 2.24) is 0 Å². The molecule has 30 heavy (non-hydrogen) atoms. The van der Waals surface area contributed by atoms with Crippen LogP contribution in [-0.2, 0) is 6.54 Å². The summed E-state index contributed by atoms with van der Waals surface area (Å²) in [6, 6.07) is 10.5. The van der Waals surface area contributed by atoms with Crippen LogP contribution in [-0.4, -0.2) is 48.4 Å². The summed E-state index contributed by atoms with van der Waals surface area (Å²) in [7, 11) is 2.26. The van der Waals surface area contributed by atoms with E-state index in [-0.39, 0.29) is 0 Å². The van der Waals surface area contributed by atoms with Crippen LogP contribution in [0.2, 0.25) is 10.0 Å². The quantitative estimate of drug-likeness (QED) is 0.590. The van der Waals surface area contributed by atoms with Gasteiger partial charge in [0.1, 0.15) is 19.6 Å². The molecule has 2 heterocycles. The summed E-state index contributed by atoms with van der Waals surface area (Å²) >= 11 is 12.8. The third-order valence-electron chi connectivity index (χ3n) is 6.74. The van der Waals surface area contributed by atoms with Gasteiger partial charge in [-0.3, -0.25) is 0 Å². The van der Waals surface area contributed by atoms with Crippen molar-refractivity contribution in [3.63, 3.8) is 0 Å². The molecule has 0 aliphatic carbocycles. The molecule has 2 aromatic rings. The van der Waals surface area contributed by atoms with Gasteiger partial charge in [0.15, 0.2) is 5.60 Å². The van der Waals surface area contributed by atoms with Crippen LogP contribution in [0.5, 0.6) is 0 Å². The first-order chi connectivity index (χ1) is 14.0. The minimum absolute atomic E-state index is 0.473. The third kappa shape index (κ3) is 4.10. The molecule has 0 bridgehead atoms. The molecule has 5 heteroatoms. The van der Waals surface area contributed by atoms with Crippen LogP contribution in [0.4, 0.5) is 5.69 Å². The number of halogens is 2. The SMILES string of the molecule is Cc1cc(C2CN(c3c(Cl)cccc3Cl)C2)cc(C(C)C)c1C[N+]1(C)CC(C)(O)C1. The first-order valence-corrected chi connectivity index (χ1v) is 11.6. The first-order valence-electron chi connectivity index (χ1n) is 10.9. The van der Waals surface area contributed by atoms with Crippen LogP contribution in [0.1, 0.15) is 54.9 Å². The summed E-state index contributed by atoms with van der Waals surface area (Å²) in [5, 5.41) is 11.7. The maximum absolute atomic E-state index is 10.2. The molecule has 0 amide bonds. The molecular weight excluding hydrogens is 415 g/mol. The van der Waals surface area contributed by atoms with E-state index in [0.717, 1.165) is 52.9 Å². The van der Waals surface area contributed by atoms with E-state index in [4.69, 9.17) is 23.2 Å². The van der Waals surface area contributed by atoms with Gasteiger partial charge in [0.25, 0.3) is 0 Å². The number of aryl methyl sites for hydroxylation is 1. The van der Waals surface area contributed by atoms with Gasteiger partial charge in [0, 0.05) is 24.6 Å². The van der Waals surface area contributed by atoms with Crippen molar-refractivity contribution in [1.29, 1.82) is 0 Å². The van der Waals surface area contributed by atoms with Crippen molar-refractivity contribution in [3.05, 3.63) is 62.6 Å². The summed E-state index contributed by atoms with van der Waals surface area (Å²) in [4.78, 5) is 2.28. The maximum Gasteiger partial charge on any atom is 0.159 e. The van der Waals surface area contributed by atoms with Gasteiger partial charge in [-0.25, -0.2) is 0 Å². The number of aliphatic hydroxyl groups is 1. The highest BCUT2D eigenvalue weighted by atomic mass is 35.5. The van der Waals surface area contributed by atoms with Crippen molar-refractivity contribution in [3.8, 4) is 0 Å². The Balaban J connectivity index is 1.55. The van der Waals surface area contributed by atoms with E-state index < -0.39 is 5.60 Å². The molecule has 0 unspecified atom stereocenters. The number of likely N-dealkylation sites (tertiary alicyclic amines) is 1. The van der Waals surface area contributed by atoms with Gasteiger partial charge in [-0.15, -0.1) is 0 Å². The average molecular weight is 448 g/mol. The lowest BCUT2D eigenvalue weighted by Crippen LogP contribution is -2.70. The number of hydrogen-bond donors (Lipinski definition) is 1. The Bertz CT molecular complexity index is 936. The van der Waals surface area contributed by atoms with Crippen LogP contribution >= 0.6 is 23.2 Å². The molecule has 162 valence electrons. The largest absolute Gasteiger partial charge is 0.379 e. The Kier molecular flexibility index (Phi) is 5.64. The third-order valence-corrected chi connectivity index (χ3v) is 7.35. The lowest BCUT2D eigenvalue weighted by Gasteiger charge is -2.51. The number of likely N-dealkylation sites (N-methyl/N-ethyl adjacent to an activating group) is 1. The van der Waals surface area contributed by atoms with Gasteiger partial charge in [0.2, 0.25) is 0 Å². The van der Waals surface area contributed by atoms with E-state index in [9.17, 15) is 5.11 Å². The van der Waals surface area contributed by atoms with Gasteiger partial charge >= 0.3 is 0 Å². The van der Waals surface area contributed by atoms with Crippen LogP contribution in [0, 0.1) is 6.92 Å². The van der Waals surface area contributed by atoms with E-state index in [2.05, 4.69) is 44.9 Å². The number of para-hydroxylation sites is 1. The molecule has 3 nitrogen and oxygen atoms in total. The molecule has 1 N–H and O–H groups in total. The Morgan fingerprint density at radius 2 is 1.77 bits per heavy atom. The number of anilines is 1. The van der Waals surface area contributed by atoms with E-state index in [1.54, 1.807) is 0 Å². The fourth-order valence-electron chi connectivity index (χ4n) is 5.59. The number of rotatable bonds is 5. The van der Waals surface area contributed by atoms with E-state index in [1.807, 2.05) is 25.1 Å². The maximum atomic E-state index is 10.2. The standard InChI is InChI=1S/C25H33Cl2N2O/c1-16(2)20-10-18(9-17(3)21(20)13-29(5)14-25(4,30)15-29)19-11-28(12-19)24-22(26)7-6-8-23(24)27/h6-10,16,19,30H,11-15H2,1-5H3/q+1. The monoisotopic (exact) mass is 447 g/mol. The summed E-state index contributed by atoms with van der Waals surface area (Å²) in [6.45, 7) is 13.3. The smallest absolute Gasteiger partial charge is 0.159 e. The Morgan fingerprint density at radius 3 is 2.30 bits per heavy atom. The van der Waals surface area contributed by atoms with Gasteiger partial charge in [-0.2, -0.15) is 0 Å². The normalized spacial score (nSPS) is 26.6. The van der Waals surface area contributed by atoms with Crippen LogP contribution in [0.25, 0.3) is 0 Å². The predicted molar refractivity (Wildman–Crippen MR) is 127 cm³/mol. The second kappa shape index (κ2) is 7.70. The summed E-state index contributed by atoms with van der Waals surface area (Å²) < 4.78 is 0.912. The fourth-order valence-corrected chi connectivity index (χ4v) is 6.23. The molecule has 4 rings (SSSR count). The van der Waals surface area contributed by atoms with Crippen molar-refractivity contribution >= 4 is 28.9 Å². The van der Waals surface area contributed by atoms with Crippen molar-refractivity contribution < 1.29 is 9.59 Å². The first kappa shape index (κ1) is 22.0. The lowest BCUT2D eigenvalue weighted by molar-refractivity contribution is -0.976. The molecule has 2 aliphatic heterocycles. The van der Waals surface area contributed by atoms with Crippen molar-refractivity contribution in [2.75, 3.05) is 38.1 Å². The van der Waals surface area contributed by atoms with E-state index in [1.165, 1.54) is 22.3 Å². The topological polar surface area (TPSA) is 23.5 Å². The van der Waals surface area contributed by atoms with Crippen LogP contribution in [0.15, 0.2) is 30.3 Å². The van der Waals surface area contributed by atoms with E-state index in [0.29, 0.717) is 11.8 Å². The number of nitrogens with zero attached hydrogens (tertiary/aromatic N) is 2. The lowest BCUT2D eigenvalue weighted by atomic mass is 9.83. The highest BCUT2D eigenvalue weighted by Gasteiger charge is 2.49. The molecule has 0 aromatic heterocycles. The fraction of sp³-hybridized carbons (Fsp3) is 0.520. The molecule has 0 saturated carbocycles. The van der Waals surface area contributed by atoms with Crippen molar-refractivity contribution in [2.45, 2.75) is 51.7 Å². The molecule has 2 aromatic carbocycles. The molecule has 2 fully saturated rings. The van der Waals surface area contributed by atoms with Gasteiger partial charge in [-0.1, -0.05) is 55.2 Å². The highest BCUT2D eigenvalue weighted by molar-refractivity contribution is 6.39. The zero-order valence-electron chi connectivity index (χ0n) is 18.7. The van der Waals surface area contributed by atoms with Gasteiger partial charge in [0.05, 0.1) is 22.8 Å².